The number of ether oxygens (including phenoxy) is 1. The molecule has 0 bridgehead atoms. The average Bonchev–Trinajstić information content (AvgIpc) is 2.65. The molecule has 0 fully saturated rings. The van der Waals surface area contributed by atoms with Crippen LogP contribution in [-0.4, -0.2) is 32.7 Å². The van der Waals surface area contributed by atoms with E-state index in [1.165, 1.54) is 18.2 Å². The van der Waals surface area contributed by atoms with E-state index in [9.17, 15) is 17.6 Å². The van der Waals surface area contributed by atoms with Crippen LogP contribution in [0.25, 0.3) is 0 Å². The van der Waals surface area contributed by atoms with Crippen LogP contribution in [0, 0.1) is 12.7 Å². The highest BCUT2D eigenvalue weighted by atomic mass is 32.2. The molecule has 0 radical (unpaired) electrons. The molecule has 8 heteroatoms. The first-order valence-corrected chi connectivity index (χ1v) is 12.1. The van der Waals surface area contributed by atoms with Gasteiger partial charge < -0.3 is 10.1 Å². The summed E-state index contributed by atoms with van der Waals surface area (Å²) in [6.45, 7) is 5.96. The van der Waals surface area contributed by atoms with E-state index in [0.717, 1.165) is 27.4 Å². The second-order valence-electron chi connectivity index (χ2n) is 8.62. The van der Waals surface area contributed by atoms with Gasteiger partial charge in [0.2, 0.25) is 15.9 Å². The number of anilines is 1. The van der Waals surface area contributed by atoms with Crippen molar-refractivity contribution >= 4 is 21.6 Å². The Bertz CT molecular complexity index is 1070. The number of fused-ring (bicyclic) bond motifs is 1. The Morgan fingerprint density at radius 2 is 1.97 bits per heavy atom. The topological polar surface area (TPSA) is 75.7 Å². The van der Waals surface area contributed by atoms with Crippen molar-refractivity contribution < 1.29 is 22.3 Å². The maximum absolute atomic E-state index is 14.1. The van der Waals surface area contributed by atoms with Crippen LogP contribution in [0.15, 0.2) is 42.5 Å². The van der Waals surface area contributed by atoms with Crippen LogP contribution in [0.4, 0.5) is 10.1 Å². The molecule has 1 aliphatic heterocycles. The van der Waals surface area contributed by atoms with Crippen LogP contribution in [0.5, 0.6) is 5.75 Å². The van der Waals surface area contributed by atoms with Gasteiger partial charge in [-0.05, 0) is 45.4 Å². The SMILES string of the molecule is Cc1ccc2c(c1)[C@H](NC(=O)CCCN(c1ccccc1F)S(C)(=O)=O)CC(C)(C)O2. The molecule has 0 saturated carbocycles. The van der Waals surface area contributed by atoms with E-state index in [1.807, 2.05) is 39.0 Å². The van der Waals surface area contributed by atoms with Crippen LogP contribution < -0.4 is 14.4 Å². The first kappa shape index (κ1) is 23.1. The molecule has 168 valence electrons. The fourth-order valence-corrected chi connectivity index (χ4v) is 4.84. The third-order valence-corrected chi connectivity index (χ3v) is 6.42. The lowest BCUT2D eigenvalue weighted by Gasteiger charge is -2.38. The highest BCUT2D eigenvalue weighted by Gasteiger charge is 2.34. The van der Waals surface area contributed by atoms with Gasteiger partial charge in [0.1, 0.15) is 17.2 Å². The maximum Gasteiger partial charge on any atom is 0.232 e. The standard InChI is InChI=1S/C23H29FN2O4S/c1-16-11-12-21-17(14-16)19(15-23(2,3)30-21)25-22(27)10-7-13-26(31(4,28)29)20-9-6-5-8-18(20)24/h5-6,8-9,11-12,14,19H,7,10,13,15H2,1-4H3,(H,25,27)/t19-/m1/s1. The van der Waals surface area contributed by atoms with Crippen molar-refractivity contribution in [2.45, 2.75) is 51.7 Å². The van der Waals surface area contributed by atoms with E-state index >= 15 is 0 Å². The monoisotopic (exact) mass is 448 g/mol. The van der Waals surface area contributed by atoms with Crippen molar-refractivity contribution in [1.82, 2.24) is 5.32 Å². The smallest absolute Gasteiger partial charge is 0.232 e. The van der Waals surface area contributed by atoms with Crippen LogP contribution >= 0.6 is 0 Å². The van der Waals surface area contributed by atoms with Crippen molar-refractivity contribution in [2.24, 2.45) is 0 Å². The van der Waals surface area contributed by atoms with Crippen LogP contribution in [0.3, 0.4) is 0 Å². The number of carbonyl (C=O) groups excluding carboxylic acids is 1. The Morgan fingerprint density at radius 1 is 1.26 bits per heavy atom. The third-order valence-electron chi connectivity index (χ3n) is 5.24. The predicted molar refractivity (Wildman–Crippen MR) is 119 cm³/mol. The van der Waals surface area contributed by atoms with Crippen molar-refractivity contribution in [1.29, 1.82) is 0 Å². The fraction of sp³-hybridized carbons (Fsp3) is 0.435. The fourth-order valence-electron chi connectivity index (χ4n) is 3.87. The third kappa shape index (κ3) is 5.76. The molecule has 0 saturated heterocycles. The first-order valence-electron chi connectivity index (χ1n) is 10.3. The number of benzene rings is 2. The van der Waals surface area contributed by atoms with Crippen LogP contribution in [-0.2, 0) is 14.8 Å². The Hall–Kier alpha value is -2.61. The molecule has 2 aromatic carbocycles. The minimum absolute atomic E-state index is 0.0130. The number of para-hydroxylation sites is 1. The lowest BCUT2D eigenvalue weighted by Crippen LogP contribution is -2.41. The van der Waals surface area contributed by atoms with Crippen LogP contribution in [0.2, 0.25) is 0 Å². The van der Waals surface area contributed by atoms with Crippen LogP contribution in [0.1, 0.15) is 50.3 Å². The zero-order valence-electron chi connectivity index (χ0n) is 18.3. The normalized spacial score (nSPS) is 17.4. The highest BCUT2D eigenvalue weighted by Crippen LogP contribution is 2.39. The first-order chi connectivity index (χ1) is 14.5. The summed E-state index contributed by atoms with van der Waals surface area (Å²) in [5.41, 5.74) is 1.59. The van der Waals surface area contributed by atoms with Gasteiger partial charge in [-0.3, -0.25) is 9.10 Å². The number of hydrogen-bond donors (Lipinski definition) is 1. The number of sulfonamides is 1. The lowest BCUT2D eigenvalue weighted by molar-refractivity contribution is -0.122. The van der Waals surface area contributed by atoms with Gasteiger partial charge in [-0.25, -0.2) is 12.8 Å². The van der Waals surface area contributed by atoms with Gasteiger partial charge in [-0.1, -0.05) is 29.8 Å². The summed E-state index contributed by atoms with van der Waals surface area (Å²) in [5.74, 6) is -0.0408. The minimum atomic E-state index is -3.68. The summed E-state index contributed by atoms with van der Waals surface area (Å²) in [6, 6.07) is 11.4. The van der Waals surface area contributed by atoms with E-state index in [-0.39, 0.29) is 37.0 Å². The number of nitrogens with zero attached hydrogens (tertiary/aromatic N) is 1. The summed E-state index contributed by atoms with van der Waals surface area (Å²) in [4.78, 5) is 12.7. The largest absolute Gasteiger partial charge is 0.487 e. The lowest BCUT2D eigenvalue weighted by atomic mass is 9.89. The molecule has 1 N–H and O–H groups in total. The Kier molecular flexibility index (Phi) is 6.59. The molecule has 0 spiro atoms. The molecule has 31 heavy (non-hydrogen) atoms. The Labute approximate surface area is 183 Å². The number of rotatable bonds is 7. The van der Waals surface area contributed by atoms with Gasteiger partial charge in [0.25, 0.3) is 0 Å². The molecule has 0 unspecified atom stereocenters. The molecule has 0 aromatic heterocycles. The zero-order chi connectivity index (χ0) is 22.8. The molecule has 0 aliphatic carbocycles. The van der Waals surface area contributed by atoms with Gasteiger partial charge in [-0.15, -0.1) is 0 Å². The second-order valence-corrected chi connectivity index (χ2v) is 10.5. The molecule has 2 aromatic rings. The molecular weight excluding hydrogens is 419 g/mol. The molecule has 1 aliphatic rings. The maximum atomic E-state index is 14.1. The summed E-state index contributed by atoms with van der Waals surface area (Å²) in [6.07, 6.45) is 2.04. The van der Waals surface area contributed by atoms with Gasteiger partial charge in [0.05, 0.1) is 18.0 Å². The van der Waals surface area contributed by atoms with Gasteiger partial charge in [0, 0.05) is 24.9 Å². The summed E-state index contributed by atoms with van der Waals surface area (Å²) in [5, 5.41) is 3.06. The Balaban J connectivity index is 1.66. The molecule has 6 nitrogen and oxygen atoms in total. The number of amides is 1. The van der Waals surface area contributed by atoms with E-state index in [2.05, 4.69) is 5.32 Å². The number of carbonyl (C=O) groups is 1. The van der Waals surface area contributed by atoms with Crippen molar-refractivity contribution in [3.8, 4) is 5.75 Å². The molecule has 3 rings (SSSR count). The molecular formula is C23H29FN2O4S. The average molecular weight is 449 g/mol. The minimum Gasteiger partial charge on any atom is -0.487 e. The quantitative estimate of drug-likeness (QED) is 0.692. The number of hydrogen-bond acceptors (Lipinski definition) is 4. The van der Waals surface area contributed by atoms with E-state index < -0.39 is 21.4 Å². The number of nitrogens with one attached hydrogen (secondary N) is 1. The predicted octanol–water partition coefficient (Wildman–Crippen LogP) is 4.10. The van der Waals surface area contributed by atoms with Crippen molar-refractivity contribution in [3.63, 3.8) is 0 Å². The summed E-state index contributed by atoms with van der Waals surface area (Å²) < 4.78 is 45.5. The van der Waals surface area contributed by atoms with E-state index in [4.69, 9.17) is 4.74 Å². The van der Waals surface area contributed by atoms with Gasteiger partial charge in [-0.2, -0.15) is 0 Å². The molecule has 1 heterocycles. The van der Waals surface area contributed by atoms with Crippen molar-refractivity contribution in [3.05, 3.63) is 59.4 Å². The Morgan fingerprint density at radius 3 is 2.65 bits per heavy atom. The van der Waals surface area contributed by atoms with Crippen molar-refractivity contribution in [2.75, 3.05) is 17.1 Å². The van der Waals surface area contributed by atoms with Gasteiger partial charge in [0.15, 0.2) is 0 Å². The molecule has 1 amide bonds. The summed E-state index contributed by atoms with van der Waals surface area (Å²) in [7, 11) is -3.68. The second kappa shape index (κ2) is 8.86. The van der Waals surface area contributed by atoms with E-state index in [1.54, 1.807) is 6.07 Å². The zero-order valence-corrected chi connectivity index (χ0v) is 19.1. The summed E-state index contributed by atoms with van der Waals surface area (Å²) >= 11 is 0. The number of aryl methyl sites for hydroxylation is 1. The van der Waals surface area contributed by atoms with E-state index in [0.29, 0.717) is 6.42 Å². The number of halogens is 1. The highest BCUT2D eigenvalue weighted by molar-refractivity contribution is 7.92. The molecule has 1 atom stereocenters. The van der Waals surface area contributed by atoms with Gasteiger partial charge >= 0.3 is 0 Å².